The van der Waals surface area contributed by atoms with Crippen LogP contribution < -0.4 is 0 Å². The Bertz CT molecular complexity index is 910. The van der Waals surface area contributed by atoms with Gasteiger partial charge in [-0.2, -0.15) is 0 Å². The predicted octanol–water partition coefficient (Wildman–Crippen LogP) is 11.5. The van der Waals surface area contributed by atoms with E-state index in [4.69, 9.17) is 0 Å². The quantitative estimate of drug-likeness (QED) is 0.327. The summed E-state index contributed by atoms with van der Waals surface area (Å²) >= 11 is 0. The molecule has 2 aromatic carbocycles. The molecule has 0 unspecified atom stereocenters. The first kappa shape index (κ1) is 32.6. The minimum atomic E-state index is 0.534. The first-order valence-corrected chi connectivity index (χ1v) is 14.4. The molecule has 3 aromatic rings. The summed E-state index contributed by atoms with van der Waals surface area (Å²) in [6, 6.07) is 20.1. The largest absolute Gasteiger partial charge is 0.261 e. The summed E-state index contributed by atoms with van der Waals surface area (Å²) in [5.74, 6) is 3.68. The Kier molecular flexibility index (Phi) is 13.9. The summed E-state index contributed by atoms with van der Waals surface area (Å²) in [6.07, 6.45) is 1.99. The second kappa shape index (κ2) is 15.8. The van der Waals surface area contributed by atoms with Gasteiger partial charge in [-0.15, -0.1) is 0 Å². The van der Waals surface area contributed by atoms with E-state index in [-0.39, 0.29) is 0 Å². The summed E-state index contributed by atoms with van der Waals surface area (Å²) in [7, 11) is 0. The number of rotatable bonds is 6. The zero-order valence-corrected chi connectivity index (χ0v) is 26.2. The number of aromatic nitrogens is 1. The zero-order valence-electron chi connectivity index (χ0n) is 26.2. The van der Waals surface area contributed by atoms with Crippen LogP contribution in [0.1, 0.15) is 158 Å². The van der Waals surface area contributed by atoms with Crippen molar-refractivity contribution in [3.8, 4) is 0 Å². The molecule has 0 aliphatic rings. The van der Waals surface area contributed by atoms with E-state index in [1.54, 1.807) is 0 Å². The molecule has 0 atom stereocenters. The molecule has 0 aliphatic carbocycles. The molecule has 0 radical (unpaired) electrons. The molecule has 204 valence electrons. The van der Waals surface area contributed by atoms with Crippen molar-refractivity contribution >= 4 is 0 Å². The second-order valence-corrected chi connectivity index (χ2v) is 12.2. The standard InChI is InChI=1S/C13H20.C12H18.C11H17N/c1-9(2)12-6-7-13(10(3)4)11(5)8-12;1-9(2)11-5-7-12(8-6-11)10(3)4;1-8(2)10-5-6-11(9(3)4)12-7-10/h6-10H,1-5H3;5-10H,1-4H3;5-9H,1-4H3. The monoisotopic (exact) mass is 501 g/mol. The fourth-order valence-electron chi connectivity index (χ4n) is 4.07. The zero-order chi connectivity index (χ0) is 28.3. The molecular formula is C36H55N. The number of benzene rings is 2. The Labute approximate surface area is 230 Å². The van der Waals surface area contributed by atoms with E-state index in [1.165, 1.54) is 39.1 Å². The van der Waals surface area contributed by atoms with E-state index in [1.807, 2.05) is 6.20 Å². The molecule has 0 saturated carbocycles. The van der Waals surface area contributed by atoms with Crippen molar-refractivity contribution < 1.29 is 0 Å². The number of pyridine rings is 1. The van der Waals surface area contributed by atoms with Crippen LogP contribution in [0.3, 0.4) is 0 Å². The van der Waals surface area contributed by atoms with Gasteiger partial charge in [0.15, 0.2) is 0 Å². The molecule has 0 saturated heterocycles. The minimum absolute atomic E-state index is 0.534. The van der Waals surface area contributed by atoms with Crippen LogP contribution in [-0.4, -0.2) is 4.98 Å². The minimum Gasteiger partial charge on any atom is -0.261 e. The first-order valence-electron chi connectivity index (χ1n) is 14.4. The van der Waals surface area contributed by atoms with Gasteiger partial charge >= 0.3 is 0 Å². The van der Waals surface area contributed by atoms with E-state index in [9.17, 15) is 0 Å². The maximum atomic E-state index is 4.40. The molecule has 1 heteroatoms. The van der Waals surface area contributed by atoms with Crippen LogP contribution in [-0.2, 0) is 0 Å². The molecule has 1 aromatic heterocycles. The molecule has 0 spiro atoms. The van der Waals surface area contributed by atoms with Crippen molar-refractivity contribution in [1.29, 1.82) is 0 Å². The van der Waals surface area contributed by atoms with E-state index in [0.29, 0.717) is 35.5 Å². The van der Waals surface area contributed by atoms with Gasteiger partial charge in [0.1, 0.15) is 0 Å². The van der Waals surface area contributed by atoms with Crippen molar-refractivity contribution in [3.63, 3.8) is 0 Å². The van der Waals surface area contributed by atoms with Crippen molar-refractivity contribution in [3.05, 3.63) is 99.9 Å². The normalized spacial score (nSPS) is 11.2. The first-order chi connectivity index (χ1) is 17.2. The number of nitrogens with zero attached hydrogens (tertiary/aromatic N) is 1. The fourth-order valence-corrected chi connectivity index (χ4v) is 4.07. The van der Waals surface area contributed by atoms with Gasteiger partial charge in [0.05, 0.1) is 0 Å². The molecular weight excluding hydrogens is 446 g/mol. The van der Waals surface area contributed by atoms with Gasteiger partial charge in [-0.1, -0.05) is 132 Å². The SMILES string of the molecule is CC(C)c1ccc(C(C)C)cc1.CC(C)c1ccc(C(C)C)nc1.Cc1cc(C(C)C)ccc1C(C)C. The third-order valence-corrected chi connectivity index (χ3v) is 6.92. The lowest BCUT2D eigenvalue weighted by atomic mass is 9.93. The van der Waals surface area contributed by atoms with Gasteiger partial charge in [0, 0.05) is 11.9 Å². The van der Waals surface area contributed by atoms with Crippen LogP contribution in [0, 0.1) is 6.92 Å². The summed E-state index contributed by atoms with van der Waals surface area (Å²) in [6.45, 7) is 28.8. The summed E-state index contributed by atoms with van der Waals surface area (Å²) in [5, 5.41) is 0. The highest BCUT2D eigenvalue weighted by Gasteiger charge is 2.06. The molecule has 1 nitrogen and oxygen atoms in total. The second-order valence-electron chi connectivity index (χ2n) is 12.2. The van der Waals surface area contributed by atoms with Crippen molar-refractivity contribution in [2.75, 3.05) is 0 Å². The number of hydrogen-bond acceptors (Lipinski definition) is 1. The third-order valence-electron chi connectivity index (χ3n) is 6.92. The highest BCUT2D eigenvalue weighted by atomic mass is 14.7. The van der Waals surface area contributed by atoms with Gasteiger partial charge in [-0.05, 0) is 81.9 Å². The van der Waals surface area contributed by atoms with Crippen molar-refractivity contribution in [2.45, 2.75) is 126 Å². The summed E-state index contributed by atoms with van der Waals surface area (Å²) in [5.41, 5.74) is 9.71. The number of aryl methyl sites for hydroxylation is 1. The van der Waals surface area contributed by atoms with Crippen LogP contribution in [0.25, 0.3) is 0 Å². The molecule has 0 N–H and O–H groups in total. The average Bonchev–Trinajstić information content (AvgIpc) is 2.84. The van der Waals surface area contributed by atoms with E-state index >= 15 is 0 Å². The topological polar surface area (TPSA) is 12.9 Å². The lowest BCUT2D eigenvalue weighted by Crippen LogP contribution is -1.95. The van der Waals surface area contributed by atoms with Crippen LogP contribution in [0.4, 0.5) is 0 Å². The summed E-state index contributed by atoms with van der Waals surface area (Å²) < 4.78 is 0. The van der Waals surface area contributed by atoms with Gasteiger partial charge < -0.3 is 0 Å². The Hall–Kier alpha value is -2.41. The smallest absolute Gasteiger partial charge is 0.0429 e. The summed E-state index contributed by atoms with van der Waals surface area (Å²) in [4.78, 5) is 4.40. The van der Waals surface area contributed by atoms with Crippen LogP contribution in [0.15, 0.2) is 60.8 Å². The van der Waals surface area contributed by atoms with Crippen molar-refractivity contribution in [1.82, 2.24) is 4.98 Å². The fraction of sp³-hybridized carbons (Fsp3) is 0.528. The van der Waals surface area contributed by atoms with E-state index < -0.39 is 0 Å². The highest BCUT2D eigenvalue weighted by Crippen LogP contribution is 2.23. The Balaban J connectivity index is 0.000000278. The number of hydrogen-bond donors (Lipinski definition) is 0. The van der Waals surface area contributed by atoms with Gasteiger partial charge in [0.2, 0.25) is 0 Å². The van der Waals surface area contributed by atoms with E-state index in [2.05, 4.69) is 150 Å². The van der Waals surface area contributed by atoms with Gasteiger partial charge in [-0.3, -0.25) is 4.98 Å². The Morgan fingerprint density at radius 3 is 1.14 bits per heavy atom. The Morgan fingerprint density at radius 1 is 0.432 bits per heavy atom. The lowest BCUT2D eigenvalue weighted by Gasteiger charge is -2.13. The Morgan fingerprint density at radius 2 is 0.838 bits per heavy atom. The van der Waals surface area contributed by atoms with Crippen LogP contribution >= 0.6 is 0 Å². The lowest BCUT2D eigenvalue weighted by molar-refractivity contribution is 0.802. The maximum absolute atomic E-state index is 4.40. The third kappa shape index (κ3) is 11.2. The maximum Gasteiger partial charge on any atom is 0.0429 e. The average molecular weight is 502 g/mol. The molecule has 0 aliphatic heterocycles. The van der Waals surface area contributed by atoms with Crippen molar-refractivity contribution in [2.24, 2.45) is 0 Å². The highest BCUT2D eigenvalue weighted by molar-refractivity contribution is 5.34. The molecule has 1 heterocycles. The van der Waals surface area contributed by atoms with Gasteiger partial charge in [0.25, 0.3) is 0 Å². The molecule has 0 amide bonds. The van der Waals surface area contributed by atoms with Gasteiger partial charge in [-0.25, -0.2) is 0 Å². The molecule has 0 bridgehead atoms. The van der Waals surface area contributed by atoms with Crippen LogP contribution in [0.2, 0.25) is 0 Å². The van der Waals surface area contributed by atoms with E-state index in [0.717, 1.165) is 0 Å². The molecule has 37 heavy (non-hydrogen) atoms. The van der Waals surface area contributed by atoms with Crippen LogP contribution in [0.5, 0.6) is 0 Å². The molecule has 3 rings (SSSR count). The predicted molar refractivity (Wildman–Crippen MR) is 166 cm³/mol. The molecule has 0 fully saturated rings.